The van der Waals surface area contributed by atoms with Crippen molar-refractivity contribution in [1.82, 2.24) is 0 Å². The van der Waals surface area contributed by atoms with Gasteiger partial charge in [0.15, 0.2) is 0 Å². The number of hydrogen-bond acceptors (Lipinski definition) is 2. The van der Waals surface area contributed by atoms with E-state index < -0.39 is 0 Å². The fraction of sp³-hybridized carbons (Fsp3) is 0.600. The number of anilines is 1. The van der Waals surface area contributed by atoms with Crippen LogP contribution in [-0.4, -0.2) is 17.8 Å². The average molecular weight is 233 g/mol. The lowest BCUT2D eigenvalue weighted by atomic mass is 10.1. The Labute approximate surface area is 104 Å². The fourth-order valence-electron chi connectivity index (χ4n) is 2.30. The van der Waals surface area contributed by atoms with E-state index in [1.807, 2.05) is 0 Å². The molecule has 1 aliphatic carbocycles. The van der Waals surface area contributed by atoms with Crippen molar-refractivity contribution in [2.24, 2.45) is 5.92 Å². The molecule has 1 aromatic carbocycles. The van der Waals surface area contributed by atoms with Crippen LogP contribution in [0.1, 0.15) is 38.2 Å². The van der Waals surface area contributed by atoms with Gasteiger partial charge in [0.2, 0.25) is 0 Å². The maximum atomic E-state index is 8.83. The summed E-state index contributed by atoms with van der Waals surface area (Å²) in [7, 11) is 0. The van der Waals surface area contributed by atoms with Crippen LogP contribution in [0.25, 0.3) is 0 Å². The molecule has 2 rings (SSSR count). The SMILES string of the molecule is CC(CC1CC1)Nc1cccc(CCCO)c1. The summed E-state index contributed by atoms with van der Waals surface area (Å²) in [4.78, 5) is 0. The first kappa shape index (κ1) is 12.4. The third-order valence-electron chi connectivity index (χ3n) is 3.35. The number of nitrogens with one attached hydrogen (secondary N) is 1. The number of benzene rings is 1. The zero-order valence-electron chi connectivity index (χ0n) is 10.7. The first-order chi connectivity index (χ1) is 8.28. The number of aliphatic hydroxyl groups excluding tert-OH is 1. The van der Waals surface area contributed by atoms with E-state index in [0.717, 1.165) is 18.8 Å². The Kier molecular flexibility index (Phi) is 4.43. The van der Waals surface area contributed by atoms with Gasteiger partial charge < -0.3 is 10.4 Å². The van der Waals surface area contributed by atoms with Crippen LogP contribution in [-0.2, 0) is 6.42 Å². The molecule has 1 unspecified atom stereocenters. The second-order valence-electron chi connectivity index (χ2n) is 5.25. The smallest absolute Gasteiger partial charge is 0.0434 e. The molecular formula is C15H23NO. The van der Waals surface area contributed by atoms with Gasteiger partial charge in [-0.15, -0.1) is 0 Å². The lowest BCUT2D eigenvalue weighted by Gasteiger charge is -2.15. The van der Waals surface area contributed by atoms with Gasteiger partial charge in [0.25, 0.3) is 0 Å². The summed E-state index contributed by atoms with van der Waals surface area (Å²) in [6.07, 6.45) is 5.94. The van der Waals surface area contributed by atoms with Crippen molar-refractivity contribution in [2.45, 2.75) is 45.1 Å². The van der Waals surface area contributed by atoms with Gasteiger partial charge in [-0.25, -0.2) is 0 Å². The molecule has 2 heteroatoms. The Morgan fingerprint density at radius 2 is 2.24 bits per heavy atom. The van der Waals surface area contributed by atoms with Crippen LogP contribution >= 0.6 is 0 Å². The largest absolute Gasteiger partial charge is 0.396 e. The molecule has 17 heavy (non-hydrogen) atoms. The van der Waals surface area contributed by atoms with Gasteiger partial charge in [0, 0.05) is 18.3 Å². The zero-order chi connectivity index (χ0) is 12.1. The van der Waals surface area contributed by atoms with Gasteiger partial charge >= 0.3 is 0 Å². The molecule has 2 N–H and O–H groups in total. The first-order valence-electron chi connectivity index (χ1n) is 6.74. The molecule has 1 saturated carbocycles. The van der Waals surface area contributed by atoms with Crippen molar-refractivity contribution >= 4 is 5.69 Å². The highest BCUT2D eigenvalue weighted by Crippen LogP contribution is 2.34. The normalized spacial score (nSPS) is 16.8. The minimum Gasteiger partial charge on any atom is -0.396 e. The third kappa shape index (κ3) is 4.39. The monoisotopic (exact) mass is 233 g/mol. The van der Waals surface area contributed by atoms with E-state index in [0.29, 0.717) is 6.04 Å². The molecule has 0 amide bonds. The minimum atomic E-state index is 0.274. The van der Waals surface area contributed by atoms with Crippen molar-refractivity contribution in [3.63, 3.8) is 0 Å². The van der Waals surface area contributed by atoms with Crippen molar-refractivity contribution in [1.29, 1.82) is 0 Å². The highest BCUT2D eigenvalue weighted by molar-refractivity contribution is 5.46. The lowest BCUT2D eigenvalue weighted by molar-refractivity contribution is 0.288. The molecule has 0 aromatic heterocycles. The second kappa shape index (κ2) is 6.06. The topological polar surface area (TPSA) is 32.3 Å². The number of hydrogen-bond donors (Lipinski definition) is 2. The Balaban J connectivity index is 1.85. The van der Waals surface area contributed by atoms with Crippen molar-refractivity contribution < 1.29 is 5.11 Å². The highest BCUT2D eigenvalue weighted by Gasteiger charge is 2.23. The molecule has 0 heterocycles. The van der Waals surface area contributed by atoms with Gasteiger partial charge in [-0.1, -0.05) is 25.0 Å². The molecule has 94 valence electrons. The van der Waals surface area contributed by atoms with E-state index in [1.54, 1.807) is 0 Å². The van der Waals surface area contributed by atoms with Crippen LogP contribution in [0.2, 0.25) is 0 Å². The van der Waals surface area contributed by atoms with Gasteiger partial charge in [-0.3, -0.25) is 0 Å². The summed E-state index contributed by atoms with van der Waals surface area (Å²) in [5, 5.41) is 12.4. The summed E-state index contributed by atoms with van der Waals surface area (Å²) in [5.41, 5.74) is 2.52. The molecule has 0 saturated heterocycles. The van der Waals surface area contributed by atoms with Crippen LogP contribution in [0, 0.1) is 5.92 Å². The summed E-state index contributed by atoms with van der Waals surface area (Å²) >= 11 is 0. The Morgan fingerprint density at radius 1 is 1.41 bits per heavy atom. The van der Waals surface area contributed by atoms with Crippen LogP contribution in [0.5, 0.6) is 0 Å². The molecule has 2 nitrogen and oxygen atoms in total. The summed E-state index contributed by atoms with van der Waals surface area (Å²) in [6.45, 7) is 2.54. The molecule has 0 spiro atoms. The van der Waals surface area contributed by atoms with Gasteiger partial charge in [-0.2, -0.15) is 0 Å². The molecule has 1 aromatic rings. The van der Waals surface area contributed by atoms with E-state index in [2.05, 4.69) is 36.5 Å². The zero-order valence-corrected chi connectivity index (χ0v) is 10.7. The quantitative estimate of drug-likeness (QED) is 0.758. The van der Waals surface area contributed by atoms with Crippen molar-refractivity contribution in [3.8, 4) is 0 Å². The molecule has 1 atom stereocenters. The Hall–Kier alpha value is -1.02. The maximum Gasteiger partial charge on any atom is 0.0434 e. The van der Waals surface area contributed by atoms with Crippen molar-refractivity contribution in [2.75, 3.05) is 11.9 Å². The molecule has 0 radical (unpaired) electrons. The van der Waals surface area contributed by atoms with Crippen LogP contribution < -0.4 is 5.32 Å². The Morgan fingerprint density at radius 3 is 2.94 bits per heavy atom. The van der Waals surface area contributed by atoms with E-state index in [9.17, 15) is 0 Å². The Bertz CT molecular complexity index is 347. The second-order valence-corrected chi connectivity index (χ2v) is 5.25. The third-order valence-corrected chi connectivity index (χ3v) is 3.35. The van der Waals surface area contributed by atoms with Gasteiger partial charge in [0.05, 0.1) is 0 Å². The molecule has 0 aliphatic heterocycles. The molecule has 1 aliphatic rings. The van der Waals surface area contributed by atoms with E-state index in [1.165, 1.54) is 30.5 Å². The molecule has 1 fully saturated rings. The molecular weight excluding hydrogens is 210 g/mol. The van der Waals surface area contributed by atoms with E-state index in [4.69, 9.17) is 5.11 Å². The summed E-state index contributed by atoms with van der Waals surface area (Å²) < 4.78 is 0. The van der Waals surface area contributed by atoms with Crippen LogP contribution in [0.3, 0.4) is 0 Å². The van der Waals surface area contributed by atoms with Crippen molar-refractivity contribution in [3.05, 3.63) is 29.8 Å². The van der Waals surface area contributed by atoms with Gasteiger partial charge in [0.1, 0.15) is 0 Å². The predicted molar refractivity (Wildman–Crippen MR) is 72.3 cm³/mol. The highest BCUT2D eigenvalue weighted by atomic mass is 16.2. The summed E-state index contributed by atoms with van der Waals surface area (Å²) in [6, 6.07) is 9.13. The van der Waals surface area contributed by atoms with E-state index in [-0.39, 0.29) is 6.61 Å². The predicted octanol–water partition coefficient (Wildman–Crippen LogP) is 3.21. The number of aryl methyl sites for hydroxylation is 1. The first-order valence-corrected chi connectivity index (χ1v) is 6.74. The van der Waals surface area contributed by atoms with Crippen LogP contribution in [0.4, 0.5) is 5.69 Å². The van der Waals surface area contributed by atoms with Gasteiger partial charge in [-0.05, 0) is 49.8 Å². The fourth-order valence-corrected chi connectivity index (χ4v) is 2.30. The minimum absolute atomic E-state index is 0.274. The average Bonchev–Trinajstić information content (AvgIpc) is 3.10. The number of rotatable bonds is 7. The molecule has 0 bridgehead atoms. The van der Waals surface area contributed by atoms with E-state index >= 15 is 0 Å². The standard InChI is InChI=1S/C15H23NO/c1-12(10-14-7-8-14)16-15-6-2-4-13(11-15)5-3-9-17/h2,4,6,11-12,14,16-17H,3,5,7-10H2,1H3. The maximum absolute atomic E-state index is 8.83. The summed E-state index contributed by atoms with van der Waals surface area (Å²) in [5.74, 6) is 0.968. The number of aliphatic hydroxyl groups is 1. The van der Waals surface area contributed by atoms with Crippen LogP contribution in [0.15, 0.2) is 24.3 Å². The lowest BCUT2D eigenvalue weighted by Crippen LogP contribution is -2.15.